The summed E-state index contributed by atoms with van der Waals surface area (Å²) in [5, 5.41) is 2.08. The fourth-order valence-electron chi connectivity index (χ4n) is 1.80. The third-order valence-corrected chi connectivity index (χ3v) is 3.40. The number of nitrogens with one attached hydrogen (secondary N) is 1. The van der Waals surface area contributed by atoms with Gasteiger partial charge in [0.15, 0.2) is 0 Å². The van der Waals surface area contributed by atoms with Crippen molar-refractivity contribution in [3.05, 3.63) is 34.3 Å². The first-order valence-electron chi connectivity index (χ1n) is 5.51. The molecule has 2 rings (SSSR count). The molecule has 1 atom stereocenters. The summed E-state index contributed by atoms with van der Waals surface area (Å²) in [6.07, 6.45) is -3.14. The van der Waals surface area contributed by atoms with Gasteiger partial charge < -0.3 is 5.32 Å². The molecule has 1 fully saturated rings. The minimum atomic E-state index is -4.83. The standard InChI is InChI=1S/C12H11BrF3NO/c13-9-5-3-8(4-6-9)10(7-1-2-7)17-11(18)12(14,15)16/h3-7,10H,1-2H2,(H,17,18). The number of carbonyl (C=O) groups excluding carboxylic acids is 1. The monoisotopic (exact) mass is 321 g/mol. The van der Waals surface area contributed by atoms with Crippen LogP contribution in [-0.4, -0.2) is 12.1 Å². The van der Waals surface area contributed by atoms with E-state index in [0.717, 1.165) is 17.3 Å². The van der Waals surface area contributed by atoms with Gasteiger partial charge in [-0.15, -0.1) is 0 Å². The normalized spacial score (nSPS) is 17.3. The Morgan fingerprint density at radius 2 is 1.83 bits per heavy atom. The summed E-state index contributed by atoms with van der Waals surface area (Å²) in [5.74, 6) is -1.76. The van der Waals surface area contributed by atoms with Crippen LogP contribution in [0.3, 0.4) is 0 Å². The summed E-state index contributed by atoms with van der Waals surface area (Å²) in [6.45, 7) is 0. The molecule has 1 aliphatic carbocycles. The van der Waals surface area contributed by atoms with Crippen LogP contribution in [0.2, 0.25) is 0 Å². The third kappa shape index (κ3) is 3.25. The number of carbonyl (C=O) groups is 1. The van der Waals surface area contributed by atoms with Crippen LogP contribution in [0.4, 0.5) is 13.2 Å². The summed E-state index contributed by atoms with van der Waals surface area (Å²) >= 11 is 3.26. The Hall–Kier alpha value is -1.04. The second-order valence-electron chi connectivity index (χ2n) is 4.34. The van der Waals surface area contributed by atoms with Crippen molar-refractivity contribution in [2.75, 3.05) is 0 Å². The lowest BCUT2D eigenvalue weighted by Gasteiger charge is -2.19. The van der Waals surface area contributed by atoms with E-state index >= 15 is 0 Å². The van der Waals surface area contributed by atoms with Crippen LogP contribution in [0.15, 0.2) is 28.7 Å². The highest BCUT2D eigenvalue weighted by molar-refractivity contribution is 9.10. The number of amides is 1. The second-order valence-corrected chi connectivity index (χ2v) is 5.25. The zero-order chi connectivity index (χ0) is 13.3. The van der Waals surface area contributed by atoms with Crippen LogP contribution < -0.4 is 5.32 Å². The minimum Gasteiger partial charge on any atom is -0.341 e. The van der Waals surface area contributed by atoms with E-state index in [0.29, 0.717) is 5.56 Å². The highest BCUT2D eigenvalue weighted by atomic mass is 79.9. The van der Waals surface area contributed by atoms with E-state index < -0.39 is 18.1 Å². The number of hydrogen-bond acceptors (Lipinski definition) is 1. The van der Waals surface area contributed by atoms with Gasteiger partial charge in [-0.2, -0.15) is 13.2 Å². The second kappa shape index (κ2) is 4.91. The van der Waals surface area contributed by atoms with Crippen LogP contribution in [0.5, 0.6) is 0 Å². The van der Waals surface area contributed by atoms with E-state index in [1.165, 1.54) is 0 Å². The van der Waals surface area contributed by atoms with E-state index in [1.807, 2.05) is 0 Å². The molecule has 1 aliphatic rings. The molecule has 0 heterocycles. The molecule has 0 aliphatic heterocycles. The number of benzene rings is 1. The predicted octanol–water partition coefficient (Wildman–Crippen LogP) is 3.58. The van der Waals surface area contributed by atoms with Crippen molar-refractivity contribution < 1.29 is 18.0 Å². The lowest BCUT2D eigenvalue weighted by atomic mass is 10.0. The summed E-state index contributed by atoms with van der Waals surface area (Å²) < 4.78 is 37.6. The molecule has 2 nitrogen and oxygen atoms in total. The van der Waals surface area contributed by atoms with Crippen molar-refractivity contribution in [3.8, 4) is 0 Å². The summed E-state index contributed by atoms with van der Waals surface area (Å²) in [4.78, 5) is 11.0. The molecule has 1 saturated carbocycles. The van der Waals surface area contributed by atoms with Crippen LogP contribution in [0.25, 0.3) is 0 Å². The minimum absolute atomic E-state index is 0.109. The van der Waals surface area contributed by atoms with Gasteiger partial charge >= 0.3 is 12.1 Å². The van der Waals surface area contributed by atoms with Crippen molar-refractivity contribution in [1.82, 2.24) is 5.32 Å². The number of alkyl halides is 3. The molecular weight excluding hydrogens is 311 g/mol. The molecule has 98 valence electrons. The predicted molar refractivity (Wildman–Crippen MR) is 63.8 cm³/mol. The lowest BCUT2D eigenvalue weighted by Crippen LogP contribution is -2.39. The lowest BCUT2D eigenvalue weighted by molar-refractivity contribution is -0.174. The van der Waals surface area contributed by atoms with Crippen LogP contribution in [0.1, 0.15) is 24.4 Å². The molecule has 1 aromatic carbocycles. The zero-order valence-corrected chi connectivity index (χ0v) is 10.9. The maximum Gasteiger partial charge on any atom is 0.471 e. The van der Waals surface area contributed by atoms with Crippen molar-refractivity contribution in [1.29, 1.82) is 0 Å². The van der Waals surface area contributed by atoms with Gasteiger partial charge in [0.1, 0.15) is 0 Å². The molecule has 0 aromatic heterocycles. The molecule has 0 bridgehead atoms. The number of hydrogen-bond donors (Lipinski definition) is 1. The average Bonchev–Trinajstić information content (AvgIpc) is 3.09. The van der Waals surface area contributed by atoms with Crippen molar-refractivity contribution in [2.24, 2.45) is 5.92 Å². The highest BCUT2D eigenvalue weighted by Crippen LogP contribution is 2.41. The Morgan fingerprint density at radius 3 is 2.28 bits per heavy atom. The van der Waals surface area contributed by atoms with Crippen molar-refractivity contribution >= 4 is 21.8 Å². The molecule has 0 radical (unpaired) electrons. The first-order chi connectivity index (χ1) is 8.38. The van der Waals surface area contributed by atoms with E-state index in [4.69, 9.17) is 0 Å². The fraction of sp³-hybridized carbons (Fsp3) is 0.417. The summed E-state index contributed by atoms with van der Waals surface area (Å²) in [6, 6.07) is 6.41. The molecule has 1 aromatic rings. The van der Waals surface area contributed by atoms with Gasteiger partial charge in [-0.1, -0.05) is 28.1 Å². The van der Waals surface area contributed by atoms with E-state index in [9.17, 15) is 18.0 Å². The maximum absolute atomic E-state index is 12.3. The quantitative estimate of drug-likeness (QED) is 0.905. The average molecular weight is 322 g/mol. The Bertz CT molecular complexity index is 440. The van der Waals surface area contributed by atoms with Gasteiger partial charge in [-0.3, -0.25) is 4.79 Å². The molecule has 0 spiro atoms. The van der Waals surface area contributed by atoms with Gasteiger partial charge in [0.05, 0.1) is 6.04 Å². The highest BCUT2D eigenvalue weighted by Gasteiger charge is 2.42. The third-order valence-electron chi connectivity index (χ3n) is 2.87. The van der Waals surface area contributed by atoms with Crippen molar-refractivity contribution in [2.45, 2.75) is 25.1 Å². The first-order valence-corrected chi connectivity index (χ1v) is 6.30. The maximum atomic E-state index is 12.3. The topological polar surface area (TPSA) is 29.1 Å². The van der Waals surface area contributed by atoms with E-state index in [2.05, 4.69) is 21.2 Å². The van der Waals surface area contributed by atoms with Gasteiger partial charge in [0.25, 0.3) is 0 Å². The molecular formula is C12H11BrF3NO. The van der Waals surface area contributed by atoms with Crippen LogP contribution >= 0.6 is 15.9 Å². The fourth-order valence-corrected chi connectivity index (χ4v) is 2.06. The van der Waals surface area contributed by atoms with Gasteiger partial charge in [0, 0.05) is 4.47 Å². The van der Waals surface area contributed by atoms with Gasteiger partial charge in [0.2, 0.25) is 0 Å². The number of rotatable bonds is 3. The Morgan fingerprint density at radius 1 is 1.28 bits per heavy atom. The number of halogens is 4. The molecule has 1 unspecified atom stereocenters. The van der Waals surface area contributed by atoms with Gasteiger partial charge in [-0.25, -0.2) is 0 Å². The Labute approximate surface area is 111 Å². The Balaban J connectivity index is 2.14. The zero-order valence-electron chi connectivity index (χ0n) is 9.30. The largest absolute Gasteiger partial charge is 0.471 e. The van der Waals surface area contributed by atoms with E-state index in [1.54, 1.807) is 24.3 Å². The van der Waals surface area contributed by atoms with E-state index in [-0.39, 0.29) is 5.92 Å². The van der Waals surface area contributed by atoms with Crippen LogP contribution in [0, 0.1) is 5.92 Å². The molecule has 6 heteroatoms. The molecule has 0 saturated heterocycles. The first kappa shape index (κ1) is 13.4. The molecule has 1 amide bonds. The summed E-state index contributed by atoms with van der Waals surface area (Å²) in [5.41, 5.74) is 0.707. The SMILES string of the molecule is O=C(NC(c1ccc(Br)cc1)C1CC1)C(F)(F)F. The smallest absolute Gasteiger partial charge is 0.341 e. The van der Waals surface area contributed by atoms with Crippen molar-refractivity contribution in [3.63, 3.8) is 0 Å². The summed E-state index contributed by atoms with van der Waals surface area (Å²) in [7, 11) is 0. The molecule has 1 N–H and O–H groups in total. The Kier molecular flexibility index (Phi) is 3.66. The molecule has 18 heavy (non-hydrogen) atoms. The van der Waals surface area contributed by atoms with Crippen LogP contribution in [-0.2, 0) is 4.79 Å². The van der Waals surface area contributed by atoms with Gasteiger partial charge in [-0.05, 0) is 36.5 Å².